The molecule has 26 heavy (non-hydrogen) atoms. The minimum Gasteiger partial charge on any atom is -0.327 e. The number of benzene rings is 1. The molecule has 138 valence electrons. The summed E-state index contributed by atoms with van der Waals surface area (Å²) in [6.07, 6.45) is 1.33. The van der Waals surface area contributed by atoms with Gasteiger partial charge in [-0.25, -0.2) is 0 Å². The Morgan fingerprint density at radius 1 is 1.31 bits per heavy atom. The van der Waals surface area contributed by atoms with Gasteiger partial charge in [-0.1, -0.05) is 48.4 Å². The summed E-state index contributed by atoms with van der Waals surface area (Å²) < 4.78 is 0. The van der Waals surface area contributed by atoms with Crippen LogP contribution < -0.4 is 5.32 Å². The lowest BCUT2D eigenvalue weighted by Gasteiger charge is -2.24. The Morgan fingerprint density at radius 2 is 2.08 bits per heavy atom. The van der Waals surface area contributed by atoms with Crippen molar-refractivity contribution < 1.29 is 9.59 Å². The Labute approximate surface area is 165 Å². The van der Waals surface area contributed by atoms with Gasteiger partial charge in [-0.2, -0.15) is 0 Å². The number of nitrogens with one attached hydrogen (secondary N) is 1. The summed E-state index contributed by atoms with van der Waals surface area (Å²) in [7, 11) is 0. The van der Waals surface area contributed by atoms with Crippen molar-refractivity contribution in [3.8, 4) is 0 Å². The number of carbonyl (C=O) groups is 2. The van der Waals surface area contributed by atoms with Gasteiger partial charge in [0.05, 0.1) is 10.6 Å². The van der Waals surface area contributed by atoms with Crippen LogP contribution in [0.3, 0.4) is 0 Å². The molecule has 1 aliphatic rings. The van der Waals surface area contributed by atoms with Gasteiger partial charge in [0.2, 0.25) is 11.0 Å². The summed E-state index contributed by atoms with van der Waals surface area (Å²) in [5.74, 6) is -0.316. The molecular weight excluding hydrogens is 395 g/mol. The van der Waals surface area contributed by atoms with Crippen molar-refractivity contribution in [2.75, 3.05) is 11.9 Å². The molecule has 1 N–H and O–H groups in total. The van der Waals surface area contributed by atoms with Gasteiger partial charge in [-0.05, 0) is 31.0 Å². The fourth-order valence-electron chi connectivity index (χ4n) is 2.81. The first-order valence-electron chi connectivity index (χ1n) is 8.27. The molecule has 1 aromatic heterocycles. The van der Waals surface area contributed by atoms with Gasteiger partial charge >= 0.3 is 0 Å². The lowest BCUT2D eigenvalue weighted by atomic mass is 10.1. The molecule has 1 saturated heterocycles. The zero-order chi connectivity index (χ0) is 18.8. The smallest absolute Gasteiger partial charge is 0.256 e. The van der Waals surface area contributed by atoms with Crippen molar-refractivity contribution in [3.05, 3.63) is 38.8 Å². The Bertz CT molecular complexity index is 840. The highest BCUT2D eigenvalue weighted by atomic mass is 35.5. The quantitative estimate of drug-likeness (QED) is 0.815. The topological polar surface area (TPSA) is 75.2 Å². The summed E-state index contributed by atoms with van der Waals surface area (Å²) in [6.45, 7) is 4.52. The first-order chi connectivity index (χ1) is 12.4. The molecule has 2 aromatic rings. The number of hydrogen-bond acceptors (Lipinski definition) is 5. The molecule has 1 aliphatic heterocycles. The maximum Gasteiger partial charge on any atom is 0.256 e. The average Bonchev–Trinajstić information content (AvgIpc) is 3.25. The molecule has 1 unspecified atom stereocenters. The van der Waals surface area contributed by atoms with Gasteiger partial charge in [-0.15, -0.1) is 10.2 Å². The van der Waals surface area contributed by atoms with E-state index in [-0.39, 0.29) is 17.7 Å². The fraction of sp³-hybridized carbons (Fsp3) is 0.412. The molecule has 3 rings (SSSR count). The van der Waals surface area contributed by atoms with Gasteiger partial charge < -0.3 is 4.90 Å². The van der Waals surface area contributed by atoms with Crippen LogP contribution in [0, 0.1) is 0 Å². The summed E-state index contributed by atoms with van der Waals surface area (Å²) in [5, 5.41) is 12.9. The predicted molar refractivity (Wildman–Crippen MR) is 103 cm³/mol. The minimum atomic E-state index is -0.566. The van der Waals surface area contributed by atoms with Crippen LogP contribution in [0.1, 0.15) is 48.0 Å². The maximum atomic E-state index is 12.9. The number of anilines is 1. The monoisotopic (exact) mass is 412 g/mol. The molecule has 1 atom stereocenters. The second-order valence-electron chi connectivity index (χ2n) is 6.37. The van der Waals surface area contributed by atoms with Gasteiger partial charge in [0.15, 0.2) is 0 Å². The SMILES string of the molecule is CC(C)c1nnc(NC(=O)C2CCCN2C(=O)c2cc(Cl)ccc2Cl)s1. The highest BCUT2D eigenvalue weighted by Crippen LogP contribution is 2.28. The number of nitrogens with zero attached hydrogens (tertiary/aromatic N) is 3. The van der Waals surface area contributed by atoms with Crippen LogP contribution >= 0.6 is 34.5 Å². The molecule has 0 spiro atoms. The van der Waals surface area contributed by atoms with Crippen LogP contribution in [-0.2, 0) is 4.79 Å². The van der Waals surface area contributed by atoms with E-state index in [1.54, 1.807) is 12.1 Å². The molecule has 0 bridgehead atoms. The van der Waals surface area contributed by atoms with Gasteiger partial charge in [0.1, 0.15) is 11.0 Å². The van der Waals surface area contributed by atoms with E-state index >= 15 is 0 Å². The summed E-state index contributed by atoms with van der Waals surface area (Å²) in [6, 6.07) is 4.16. The Balaban J connectivity index is 1.75. The standard InChI is InChI=1S/C17H18Cl2N4O2S/c1-9(2)15-21-22-17(26-15)20-14(24)13-4-3-7-23(13)16(25)11-8-10(18)5-6-12(11)19/h5-6,8-9,13H,3-4,7H2,1-2H3,(H,20,22,24). The maximum absolute atomic E-state index is 12.9. The number of amides is 2. The number of hydrogen-bond donors (Lipinski definition) is 1. The molecule has 6 nitrogen and oxygen atoms in total. The zero-order valence-corrected chi connectivity index (χ0v) is 16.7. The highest BCUT2D eigenvalue weighted by molar-refractivity contribution is 7.15. The van der Waals surface area contributed by atoms with Crippen molar-refractivity contribution in [2.45, 2.75) is 38.6 Å². The fourth-order valence-corrected chi connectivity index (χ4v) is 3.92. The molecule has 9 heteroatoms. The first-order valence-corrected chi connectivity index (χ1v) is 9.84. The van der Waals surface area contributed by atoms with Gasteiger partial charge in [0, 0.05) is 17.5 Å². The molecule has 1 aromatic carbocycles. The number of rotatable bonds is 4. The third kappa shape index (κ3) is 4.00. The molecule has 0 radical (unpaired) electrons. The van der Waals surface area contributed by atoms with Gasteiger partial charge in [-0.3, -0.25) is 14.9 Å². The van der Waals surface area contributed by atoms with Gasteiger partial charge in [0.25, 0.3) is 5.91 Å². The molecule has 0 saturated carbocycles. The Morgan fingerprint density at radius 3 is 2.77 bits per heavy atom. The van der Waals surface area contributed by atoms with E-state index in [1.807, 2.05) is 13.8 Å². The van der Waals surface area contributed by atoms with Crippen molar-refractivity contribution in [1.82, 2.24) is 15.1 Å². The van der Waals surface area contributed by atoms with E-state index in [2.05, 4.69) is 15.5 Å². The number of aromatic nitrogens is 2. The molecule has 2 heterocycles. The van der Waals surface area contributed by atoms with E-state index in [4.69, 9.17) is 23.2 Å². The van der Waals surface area contributed by atoms with E-state index in [9.17, 15) is 9.59 Å². The van der Waals surface area contributed by atoms with E-state index in [0.717, 1.165) is 11.4 Å². The van der Waals surface area contributed by atoms with Crippen LogP contribution in [-0.4, -0.2) is 39.5 Å². The molecule has 0 aliphatic carbocycles. The van der Waals surface area contributed by atoms with Crippen molar-refractivity contribution in [3.63, 3.8) is 0 Å². The summed E-state index contributed by atoms with van der Waals surface area (Å²) in [5.41, 5.74) is 0.303. The summed E-state index contributed by atoms with van der Waals surface area (Å²) >= 11 is 13.5. The summed E-state index contributed by atoms with van der Waals surface area (Å²) in [4.78, 5) is 27.1. The Hall–Kier alpha value is -1.70. The van der Waals surface area contributed by atoms with Crippen molar-refractivity contribution in [2.24, 2.45) is 0 Å². The van der Waals surface area contributed by atoms with Crippen molar-refractivity contribution in [1.29, 1.82) is 0 Å². The lowest BCUT2D eigenvalue weighted by Crippen LogP contribution is -2.43. The normalized spacial score (nSPS) is 17.0. The van der Waals surface area contributed by atoms with Crippen LogP contribution in [0.25, 0.3) is 0 Å². The zero-order valence-electron chi connectivity index (χ0n) is 14.3. The molecule has 2 amide bonds. The average molecular weight is 413 g/mol. The van der Waals surface area contributed by atoms with E-state index < -0.39 is 6.04 Å². The number of likely N-dealkylation sites (tertiary alicyclic amines) is 1. The second kappa shape index (κ2) is 7.90. The largest absolute Gasteiger partial charge is 0.327 e. The lowest BCUT2D eigenvalue weighted by molar-refractivity contribution is -0.119. The first kappa shape index (κ1) is 19.1. The molecular formula is C17H18Cl2N4O2S. The Kier molecular flexibility index (Phi) is 5.79. The van der Waals surface area contributed by atoms with Crippen LogP contribution in [0.4, 0.5) is 5.13 Å². The van der Waals surface area contributed by atoms with Crippen molar-refractivity contribution >= 4 is 51.5 Å². The third-order valence-corrected chi connectivity index (χ3v) is 5.84. The molecule has 1 fully saturated rings. The van der Waals surface area contributed by atoms with Crippen LogP contribution in [0.15, 0.2) is 18.2 Å². The van der Waals surface area contributed by atoms with E-state index in [0.29, 0.717) is 33.7 Å². The number of halogens is 2. The van der Waals surface area contributed by atoms with Crippen LogP contribution in [0.2, 0.25) is 10.0 Å². The minimum absolute atomic E-state index is 0.243. The second-order valence-corrected chi connectivity index (χ2v) is 8.22. The number of carbonyl (C=O) groups excluding carboxylic acids is 2. The third-order valence-electron chi connectivity index (χ3n) is 4.14. The highest BCUT2D eigenvalue weighted by Gasteiger charge is 2.35. The van der Waals surface area contributed by atoms with Crippen LogP contribution in [0.5, 0.6) is 0 Å². The van der Waals surface area contributed by atoms with E-state index in [1.165, 1.54) is 22.3 Å². The predicted octanol–water partition coefficient (Wildman–Crippen LogP) is 4.21.